The fourth-order valence-electron chi connectivity index (χ4n) is 2.28. The molecule has 0 unspecified atom stereocenters. The number of hydrogen-bond acceptors (Lipinski definition) is 4. The Morgan fingerprint density at radius 1 is 1.58 bits per heavy atom. The molecule has 0 saturated heterocycles. The molecule has 1 aliphatic rings. The van der Waals surface area contributed by atoms with Gasteiger partial charge in [-0.15, -0.1) is 0 Å². The number of ether oxygens (including phenoxy) is 1. The quantitative estimate of drug-likeness (QED) is 0.843. The third-order valence-corrected chi connectivity index (χ3v) is 3.61. The van der Waals surface area contributed by atoms with Gasteiger partial charge in [-0.3, -0.25) is 9.78 Å². The highest BCUT2D eigenvalue weighted by Crippen LogP contribution is 2.28. The summed E-state index contributed by atoms with van der Waals surface area (Å²) >= 11 is 0. The van der Waals surface area contributed by atoms with Crippen molar-refractivity contribution in [3.63, 3.8) is 0 Å². The van der Waals surface area contributed by atoms with E-state index in [1.165, 1.54) is 6.42 Å². The average molecular weight is 263 g/mol. The van der Waals surface area contributed by atoms with Gasteiger partial charge in [0.1, 0.15) is 5.75 Å². The van der Waals surface area contributed by atoms with E-state index in [9.17, 15) is 4.79 Å². The Morgan fingerprint density at radius 2 is 2.37 bits per heavy atom. The molecule has 1 heterocycles. The van der Waals surface area contributed by atoms with Gasteiger partial charge in [-0.25, -0.2) is 0 Å². The minimum absolute atomic E-state index is 0.0254. The summed E-state index contributed by atoms with van der Waals surface area (Å²) < 4.78 is 5.22. The highest BCUT2D eigenvalue weighted by molar-refractivity contribution is 5.97. The van der Waals surface area contributed by atoms with Crippen LogP contribution in [0.1, 0.15) is 36.0 Å². The molecule has 1 amide bonds. The molecular formula is C14H21N3O2. The molecule has 2 N–H and O–H groups in total. The van der Waals surface area contributed by atoms with Gasteiger partial charge in [0.2, 0.25) is 0 Å². The van der Waals surface area contributed by atoms with E-state index in [2.05, 4.69) is 4.98 Å². The number of methoxy groups -OCH3 is 1. The second-order valence-electron chi connectivity index (χ2n) is 4.80. The van der Waals surface area contributed by atoms with E-state index in [1.807, 2.05) is 4.90 Å². The summed E-state index contributed by atoms with van der Waals surface area (Å²) in [5.41, 5.74) is 6.14. The van der Waals surface area contributed by atoms with Crippen LogP contribution >= 0.6 is 0 Å². The molecular weight excluding hydrogens is 242 g/mol. The van der Waals surface area contributed by atoms with Crippen molar-refractivity contribution in [2.24, 2.45) is 5.73 Å². The van der Waals surface area contributed by atoms with E-state index in [-0.39, 0.29) is 5.91 Å². The topological polar surface area (TPSA) is 68.5 Å². The highest BCUT2D eigenvalue weighted by Gasteiger charge is 2.30. The Balaban J connectivity index is 2.17. The third-order valence-electron chi connectivity index (χ3n) is 3.61. The first-order chi connectivity index (χ1) is 9.27. The molecule has 2 rings (SSSR count). The summed E-state index contributed by atoms with van der Waals surface area (Å²) in [7, 11) is 1.56. The fourth-order valence-corrected chi connectivity index (χ4v) is 2.28. The highest BCUT2D eigenvalue weighted by atomic mass is 16.5. The van der Waals surface area contributed by atoms with E-state index in [0.29, 0.717) is 30.4 Å². The number of carbonyl (C=O) groups is 1. The normalized spacial score (nSPS) is 14.8. The second kappa shape index (κ2) is 6.52. The van der Waals surface area contributed by atoms with Gasteiger partial charge < -0.3 is 15.4 Å². The van der Waals surface area contributed by atoms with Crippen LogP contribution < -0.4 is 10.5 Å². The number of nitrogens with zero attached hydrogens (tertiary/aromatic N) is 2. The SMILES string of the molecule is COc1cnccc1C(=O)N(CCCN)C1CCC1. The zero-order valence-corrected chi connectivity index (χ0v) is 11.3. The van der Waals surface area contributed by atoms with Crippen LogP contribution in [-0.4, -0.2) is 42.0 Å². The molecule has 5 nitrogen and oxygen atoms in total. The van der Waals surface area contributed by atoms with Crippen molar-refractivity contribution >= 4 is 5.91 Å². The third kappa shape index (κ3) is 3.04. The lowest BCUT2D eigenvalue weighted by atomic mass is 9.90. The minimum Gasteiger partial charge on any atom is -0.494 e. The predicted molar refractivity (Wildman–Crippen MR) is 73.1 cm³/mol. The lowest BCUT2D eigenvalue weighted by Gasteiger charge is -2.37. The molecule has 104 valence electrons. The van der Waals surface area contributed by atoms with E-state index in [1.54, 1.807) is 25.6 Å². The van der Waals surface area contributed by atoms with Crippen molar-refractivity contribution in [2.75, 3.05) is 20.2 Å². The molecule has 0 radical (unpaired) electrons. The van der Waals surface area contributed by atoms with Crippen LogP contribution in [0, 0.1) is 0 Å². The van der Waals surface area contributed by atoms with Gasteiger partial charge in [-0.2, -0.15) is 0 Å². The maximum absolute atomic E-state index is 12.6. The zero-order chi connectivity index (χ0) is 13.7. The average Bonchev–Trinajstić information content (AvgIpc) is 2.40. The summed E-state index contributed by atoms with van der Waals surface area (Å²) in [4.78, 5) is 18.6. The van der Waals surface area contributed by atoms with Crippen molar-refractivity contribution in [1.29, 1.82) is 0 Å². The molecule has 5 heteroatoms. The smallest absolute Gasteiger partial charge is 0.257 e. The van der Waals surface area contributed by atoms with Crippen LogP contribution in [0.5, 0.6) is 5.75 Å². The van der Waals surface area contributed by atoms with Crippen LogP contribution in [0.4, 0.5) is 0 Å². The molecule has 1 aromatic heterocycles. The van der Waals surface area contributed by atoms with E-state index < -0.39 is 0 Å². The van der Waals surface area contributed by atoms with Crippen molar-refractivity contribution in [1.82, 2.24) is 9.88 Å². The predicted octanol–water partition coefficient (Wildman–Crippen LogP) is 1.43. The van der Waals surface area contributed by atoms with Crippen LogP contribution in [0.2, 0.25) is 0 Å². The summed E-state index contributed by atoms with van der Waals surface area (Å²) in [6.07, 6.45) is 7.40. The molecule has 1 fully saturated rings. The Bertz CT molecular complexity index is 432. The molecule has 0 atom stereocenters. The van der Waals surface area contributed by atoms with Crippen molar-refractivity contribution in [2.45, 2.75) is 31.7 Å². The van der Waals surface area contributed by atoms with Gasteiger partial charge in [-0.1, -0.05) is 0 Å². The summed E-state index contributed by atoms with van der Waals surface area (Å²) in [6.45, 7) is 1.31. The molecule has 0 aromatic carbocycles. The fraction of sp³-hybridized carbons (Fsp3) is 0.571. The van der Waals surface area contributed by atoms with Crippen LogP contribution in [0.15, 0.2) is 18.5 Å². The van der Waals surface area contributed by atoms with Crippen LogP contribution in [0.3, 0.4) is 0 Å². The second-order valence-corrected chi connectivity index (χ2v) is 4.80. The van der Waals surface area contributed by atoms with Gasteiger partial charge in [0.05, 0.1) is 18.9 Å². The van der Waals surface area contributed by atoms with Gasteiger partial charge in [0.15, 0.2) is 0 Å². The zero-order valence-electron chi connectivity index (χ0n) is 11.3. The Kier molecular flexibility index (Phi) is 4.74. The lowest BCUT2D eigenvalue weighted by molar-refractivity contribution is 0.0575. The van der Waals surface area contributed by atoms with Crippen LogP contribution in [-0.2, 0) is 0 Å². The summed E-state index contributed by atoms with van der Waals surface area (Å²) in [5, 5.41) is 0. The first kappa shape index (κ1) is 13.8. The maximum atomic E-state index is 12.6. The van der Waals surface area contributed by atoms with Crippen LogP contribution in [0.25, 0.3) is 0 Å². The van der Waals surface area contributed by atoms with E-state index >= 15 is 0 Å². The van der Waals surface area contributed by atoms with E-state index in [4.69, 9.17) is 10.5 Å². The summed E-state index contributed by atoms with van der Waals surface area (Å²) in [5.74, 6) is 0.557. The largest absolute Gasteiger partial charge is 0.494 e. The summed E-state index contributed by atoms with van der Waals surface area (Å²) in [6, 6.07) is 2.08. The van der Waals surface area contributed by atoms with Crippen molar-refractivity contribution in [3.05, 3.63) is 24.0 Å². The standard InChI is InChI=1S/C14H21N3O2/c1-19-13-10-16-8-6-12(13)14(18)17(9-3-7-15)11-4-2-5-11/h6,8,10-11H,2-5,7,9,15H2,1H3. The number of hydrogen-bond donors (Lipinski definition) is 1. The molecule has 0 spiro atoms. The number of amides is 1. The van der Waals surface area contributed by atoms with Crippen molar-refractivity contribution < 1.29 is 9.53 Å². The first-order valence-corrected chi connectivity index (χ1v) is 6.77. The molecule has 1 aromatic rings. The Labute approximate surface area is 113 Å². The van der Waals surface area contributed by atoms with Gasteiger partial charge in [0, 0.05) is 18.8 Å². The monoisotopic (exact) mass is 263 g/mol. The number of carbonyl (C=O) groups excluding carboxylic acids is 1. The van der Waals surface area contributed by atoms with Gasteiger partial charge in [-0.05, 0) is 38.3 Å². The lowest BCUT2D eigenvalue weighted by Crippen LogP contribution is -2.45. The number of pyridine rings is 1. The number of nitrogens with two attached hydrogens (primary N) is 1. The van der Waals surface area contributed by atoms with Gasteiger partial charge >= 0.3 is 0 Å². The Hall–Kier alpha value is -1.62. The molecule has 19 heavy (non-hydrogen) atoms. The molecule has 0 bridgehead atoms. The number of aromatic nitrogens is 1. The minimum atomic E-state index is 0.0254. The van der Waals surface area contributed by atoms with Crippen molar-refractivity contribution in [3.8, 4) is 5.75 Å². The maximum Gasteiger partial charge on any atom is 0.257 e. The first-order valence-electron chi connectivity index (χ1n) is 6.77. The Morgan fingerprint density at radius 3 is 2.95 bits per heavy atom. The number of rotatable bonds is 6. The molecule has 1 aliphatic carbocycles. The molecule has 0 aliphatic heterocycles. The molecule has 1 saturated carbocycles. The van der Waals surface area contributed by atoms with E-state index in [0.717, 1.165) is 19.3 Å². The van der Waals surface area contributed by atoms with Gasteiger partial charge in [0.25, 0.3) is 5.91 Å².